The van der Waals surface area contributed by atoms with E-state index in [-0.39, 0.29) is 42.7 Å². The molecule has 1 saturated carbocycles. The smallest absolute Gasteiger partial charge is 0.223 e. The standard InChI is InChI=1S/C16H27N5O.2ClH/c17-13-6-4-5-12(11-13)16(22)18-9-8-15-20-19-14-7-2-1-3-10-21(14)15;;/h12-13H,1-11,17H2,(H,18,22);2*1H. The number of rotatable bonds is 4. The van der Waals surface area contributed by atoms with E-state index in [1.165, 1.54) is 19.3 Å². The minimum absolute atomic E-state index is 0. The van der Waals surface area contributed by atoms with Gasteiger partial charge in [-0.2, -0.15) is 0 Å². The Balaban J connectivity index is 0.00000144. The molecule has 2 atom stereocenters. The van der Waals surface area contributed by atoms with Crippen molar-refractivity contribution in [1.82, 2.24) is 20.1 Å². The number of nitrogens with two attached hydrogens (primary N) is 1. The van der Waals surface area contributed by atoms with Gasteiger partial charge >= 0.3 is 0 Å². The third-order valence-electron chi connectivity index (χ3n) is 4.92. The van der Waals surface area contributed by atoms with Crippen molar-refractivity contribution in [3.05, 3.63) is 11.6 Å². The van der Waals surface area contributed by atoms with Crippen molar-refractivity contribution in [2.45, 2.75) is 70.4 Å². The second-order valence-electron chi connectivity index (χ2n) is 6.66. The van der Waals surface area contributed by atoms with E-state index in [1.807, 2.05) is 0 Å². The Labute approximate surface area is 156 Å². The highest BCUT2D eigenvalue weighted by Crippen LogP contribution is 2.23. The highest BCUT2D eigenvalue weighted by Gasteiger charge is 2.25. The van der Waals surface area contributed by atoms with Gasteiger partial charge in [0.2, 0.25) is 5.91 Å². The van der Waals surface area contributed by atoms with Gasteiger partial charge in [-0.3, -0.25) is 4.79 Å². The van der Waals surface area contributed by atoms with Gasteiger partial charge in [-0.1, -0.05) is 12.8 Å². The number of amides is 1. The molecule has 1 aliphatic heterocycles. The lowest BCUT2D eigenvalue weighted by atomic mass is 9.85. The van der Waals surface area contributed by atoms with E-state index >= 15 is 0 Å². The fourth-order valence-corrected chi connectivity index (χ4v) is 3.64. The number of carbonyl (C=O) groups excluding carboxylic acids is 1. The zero-order chi connectivity index (χ0) is 15.4. The maximum absolute atomic E-state index is 12.2. The number of hydrogen-bond acceptors (Lipinski definition) is 4. The molecule has 8 heteroatoms. The number of carbonyl (C=O) groups is 1. The zero-order valence-corrected chi connectivity index (χ0v) is 15.7. The van der Waals surface area contributed by atoms with Crippen LogP contribution in [-0.4, -0.2) is 33.3 Å². The minimum atomic E-state index is 0. The molecule has 0 radical (unpaired) electrons. The number of fused-ring (bicyclic) bond motifs is 1. The molecule has 3 N–H and O–H groups in total. The van der Waals surface area contributed by atoms with Crippen LogP contribution in [0.5, 0.6) is 0 Å². The number of aryl methyl sites for hydroxylation is 1. The number of nitrogens with one attached hydrogen (secondary N) is 1. The molecule has 2 aliphatic rings. The van der Waals surface area contributed by atoms with Gasteiger partial charge in [-0.05, 0) is 32.1 Å². The first kappa shape index (κ1) is 21.2. The fourth-order valence-electron chi connectivity index (χ4n) is 3.64. The molecule has 0 bridgehead atoms. The summed E-state index contributed by atoms with van der Waals surface area (Å²) in [6.45, 7) is 1.66. The topological polar surface area (TPSA) is 85.8 Å². The molecular weight excluding hydrogens is 349 g/mol. The maximum Gasteiger partial charge on any atom is 0.223 e. The van der Waals surface area contributed by atoms with E-state index in [4.69, 9.17) is 5.73 Å². The molecule has 1 aromatic rings. The van der Waals surface area contributed by atoms with Crippen molar-refractivity contribution < 1.29 is 4.79 Å². The lowest BCUT2D eigenvalue weighted by Crippen LogP contribution is -2.38. The summed E-state index contributed by atoms with van der Waals surface area (Å²) in [4.78, 5) is 12.2. The van der Waals surface area contributed by atoms with Crippen LogP contribution in [0.3, 0.4) is 0 Å². The summed E-state index contributed by atoms with van der Waals surface area (Å²) >= 11 is 0. The predicted molar refractivity (Wildman–Crippen MR) is 98.7 cm³/mol. The molecule has 1 aliphatic carbocycles. The lowest BCUT2D eigenvalue weighted by Gasteiger charge is -2.25. The van der Waals surface area contributed by atoms with E-state index in [0.29, 0.717) is 6.54 Å². The molecule has 1 aromatic heterocycles. The lowest BCUT2D eigenvalue weighted by molar-refractivity contribution is -0.126. The van der Waals surface area contributed by atoms with E-state index in [9.17, 15) is 4.79 Å². The molecule has 2 unspecified atom stereocenters. The van der Waals surface area contributed by atoms with Crippen LogP contribution in [0, 0.1) is 5.92 Å². The first-order chi connectivity index (χ1) is 10.7. The van der Waals surface area contributed by atoms with Crippen LogP contribution in [0.1, 0.15) is 56.6 Å². The molecule has 1 fully saturated rings. The average molecular weight is 378 g/mol. The summed E-state index contributed by atoms with van der Waals surface area (Å²) < 4.78 is 2.25. The van der Waals surface area contributed by atoms with E-state index in [1.54, 1.807) is 0 Å². The number of nitrogens with zero attached hydrogens (tertiary/aromatic N) is 3. The third-order valence-corrected chi connectivity index (χ3v) is 4.92. The first-order valence-corrected chi connectivity index (χ1v) is 8.68. The average Bonchev–Trinajstić information content (AvgIpc) is 2.75. The quantitative estimate of drug-likeness (QED) is 0.840. The molecule has 0 saturated heterocycles. The Morgan fingerprint density at radius 3 is 2.79 bits per heavy atom. The number of aromatic nitrogens is 3. The van der Waals surface area contributed by atoms with Crippen LogP contribution in [0.25, 0.3) is 0 Å². The monoisotopic (exact) mass is 377 g/mol. The molecular formula is C16H29Cl2N5O. The predicted octanol–water partition coefficient (Wildman–Crippen LogP) is 2.02. The van der Waals surface area contributed by atoms with Gasteiger partial charge in [0.15, 0.2) is 0 Å². The van der Waals surface area contributed by atoms with Gasteiger partial charge in [0, 0.05) is 37.9 Å². The Bertz CT molecular complexity index is 523. The summed E-state index contributed by atoms with van der Waals surface area (Å²) in [5.41, 5.74) is 5.96. The molecule has 3 rings (SSSR count). The van der Waals surface area contributed by atoms with Crippen LogP contribution in [0.4, 0.5) is 0 Å². The summed E-state index contributed by atoms with van der Waals surface area (Å²) in [7, 11) is 0. The van der Waals surface area contributed by atoms with Crippen LogP contribution in [-0.2, 0) is 24.2 Å². The van der Waals surface area contributed by atoms with Gasteiger partial charge in [-0.15, -0.1) is 35.0 Å². The van der Waals surface area contributed by atoms with E-state index in [2.05, 4.69) is 20.1 Å². The normalized spacial score (nSPS) is 23.2. The molecule has 6 nitrogen and oxygen atoms in total. The third kappa shape index (κ3) is 5.33. The largest absolute Gasteiger partial charge is 0.355 e. The molecule has 2 heterocycles. The highest BCUT2D eigenvalue weighted by atomic mass is 35.5. The van der Waals surface area contributed by atoms with Crippen LogP contribution in [0.15, 0.2) is 0 Å². The van der Waals surface area contributed by atoms with Gasteiger partial charge in [-0.25, -0.2) is 0 Å². The van der Waals surface area contributed by atoms with E-state index < -0.39 is 0 Å². The van der Waals surface area contributed by atoms with Crippen molar-refractivity contribution in [2.24, 2.45) is 11.7 Å². The Kier molecular flexibility index (Phi) is 9.02. The van der Waals surface area contributed by atoms with Crippen LogP contribution < -0.4 is 11.1 Å². The Morgan fingerprint density at radius 1 is 1.17 bits per heavy atom. The molecule has 138 valence electrons. The second-order valence-corrected chi connectivity index (χ2v) is 6.66. The van der Waals surface area contributed by atoms with Crippen LogP contribution >= 0.6 is 24.8 Å². The molecule has 24 heavy (non-hydrogen) atoms. The summed E-state index contributed by atoms with van der Waals surface area (Å²) in [5, 5.41) is 11.7. The SMILES string of the molecule is Cl.Cl.NC1CCCC(C(=O)NCCc2nnc3n2CCCCC3)C1. The maximum atomic E-state index is 12.2. The molecule has 0 aromatic carbocycles. The Morgan fingerprint density at radius 2 is 2.00 bits per heavy atom. The molecule has 1 amide bonds. The van der Waals surface area contributed by atoms with Gasteiger partial charge in [0.1, 0.15) is 11.6 Å². The fraction of sp³-hybridized carbons (Fsp3) is 0.812. The van der Waals surface area contributed by atoms with Crippen molar-refractivity contribution in [3.8, 4) is 0 Å². The number of halogens is 2. The van der Waals surface area contributed by atoms with Crippen molar-refractivity contribution >= 4 is 30.7 Å². The summed E-state index contributed by atoms with van der Waals surface area (Å²) in [6, 6.07) is 0.191. The first-order valence-electron chi connectivity index (χ1n) is 8.68. The number of hydrogen-bond donors (Lipinski definition) is 2. The van der Waals surface area contributed by atoms with Gasteiger partial charge < -0.3 is 15.6 Å². The highest BCUT2D eigenvalue weighted by molar-refractivity contribution is 5.85. The molecule has 0 spiro atoms. The zero-order valence-electron chi connectivity index (χ0n) is 14.1. The van der Waals surface area contributed by atoms with Gasteiger partial charge in [0.05, 0.1) is 0 Å². The van der Waals surface area contributed by atoms with Crippen LogP contribution in [0.2, 0.25) is 0 Å². The van der Waals surface area contributed by atoms with Crippen molar-refractivity contribution in [3.63, 3.8) is 0 Å². The van der Waals surface area contributed by atoms with Crippen molar-refractivity contribution in [2.75, 3.05) is 6.54 Å². The summed E-state index contributed by atoms with van der Waals surface area (Å²) in [5.74, 6) is 2.37. The van der Waals surface area contributed by atoms with Gasteiger partial charge in [0.25, 0.3) is 0 Å². The van der Waals surface area contributed by atoms with E-state index in [0.717, 1.165) is 56.7 Å². The minimum Gasteiger partial charge on any atom is -0.355 e. The Hall–Kier alpha value is -0.850. The van der Waals surface area contributed by atoms with Crippen molar-refractivity contribution in [1.29, 1.82) is 0 Å². The summed E-state index contributed by atoms with van der Waals surface area (Å²) in [6.07, 6.45) is 9.37. The second kappa shape index (κ2) is 10.2.